The van der Waals surface area contributed by atoms with E-state index in [1.807, 2.05) is 0 Å². The highest BCUT2D eigenvalue weighted by Crippen LogP contribution is 2.38. The largest absolute Gasteiger partial charge is 0.478 e. The van der Waals surface area contributed by atoms with Gasteiger partial charge in [0.25, 0.3) is 0 Å². The molecule has 1 aromatic carbocycles. The predicted molar refractivity (Wildman–Crippen MR) is 91.9 cm³/mol. The zero-order chi connectivity index (χ0) is 16.1. The highest BCUT2D eigenvalue weighted by atomic mass is 16.5. The molecule has 0 fully saturated rings. The van der Waals surface area contributed by atoms with Gasteiger partial charge in [0.2, 0.25) is 0 Å². The smallest absolute Gasteiger partial charge is 0.196 e. The van der Waals surface area contributed by atoms with Crippen molar-refractivity contribution in [2.45, 2.75) is 85.0 Å². The molecule has 0 bridgehead atoms. The highest BCUT2D eigenvalue weighted by Gasteiger charge is 2.26. The summed E-state index contributed by atoms with van der Waals surface area (Å²) in [4.78, 5) is 0. The molecule has 1 rings (SSSR count). The lowest BCUT2D eigenvalue weighted by Gasteiger charge is -2.30. The van der Waals surface area contributed by atoms with E-state index in [1.165, 1.54) is 11.1 Å². The Morgan fingerprint density at radius 2 is 1.57 bits per heavy atom. The molecule has 0 N–H and O–H groups in total. The van der Waals surface area contributed by atoms with Gasteiger partial charge in [0.05, 0.1) is 0 Å². The first-order valence-corrected chi connectivity index (χ1v) is 8.33. The van der Waals surface area contributed by atoms with E-state index in [1.54, 1.807) is 0 Å². The SMILES string of the molecule is CCC[C]Oc1ccc(C(C)(C)CC)cc1C(C)(C)CC. The summed E-state index contributed by atoms with van der Waals surface area (Å²) in [7, 11) is 0. The van der Waals surface area contributed by atoms with Crippen molar-refractivity contribution in [3.05, 3.63) is 35.9 Å². The van der Waals surface area contributed by atoms with Gasteiger partial charge in [-0.3, -0.25) is 0 Å². The fourth-order valence-electron chi connectivity index (χ4n) is 2.19. The first-order chi connectivity index (χ1) is 9.78. The van der Waals surface area contributed by atoms with E-state index in [0.717, 1.165) is 31.4 Å². The van der Waals surface area contributed by atoms with E-state index in [-0.39, 0.29) is 10.8 Å². The van der Waals surface area contributed by atoms with E-state index >= 15 is 0 Å². The van der Waals surface area contributed by atoms with Crippen LogP contribution in [0.5, 0.6) is 5.75 Å². The molecule has 0 spiro atoms. The maximum Gasteiger partial charge on any atom is 0.196 e. The van der Waals surface area contributed by atoms with Crippen LogP contribution in [0.1, 0.15) is 85.3 Å². The van der Waals surface area contributed by atoms with E-state index in [4.69, 9.17) is 4.74 Å². The Morgan fingerprint density at radius 3 is 2.10 bits per heavy atom. The Hall–Kier alpha value is -0.980. The maximum atomic E-state index is 5.82. The van der Waals surface area contributed by atoms with Crippen molar-refractivity contribution in [3.63, 3.8) is 0 Å². The summed E-state index contributed by atoms with van der Waals surface area (Å²) in [6.07, 6.45) is 4.15. The molecule has 1 aromatic rings. The second-order valence-electron chi connectivity index (χ2n) is 7.18. The predicted octanol–water partition coefficient (Wildman–Crippen LogP) is 6.28. The monoisotopic (exact) mass is 288 g/mol. The van der Waals surface area contributed by atoms with Crippen LogP contribution in [0.4, 0.5) is 0 Å². The van der Waals surface area contributed by atoms with Gasteiger partial charge in [-0.25, -0.2) is 0 Å². The fraction of sp³-hybridized carbons (Fsp3) is 0.650. The summed E-state index contributed by atoms with van der Waals surface area (Å²) in [5.41, 5.74) is 3.01. The normalized spacial score (nSPS) is 12.5. The summed E-state index contributed by atoms with van der Waals surface area (Å²) >= 11 is 0. The Bertz CT molecular complexity index is 443. The van der Waals surface area contributed by atoms with Crippen LogP contribution in [0.3, 0.4) is 0 Å². The van der Waals surface area contributed by atoms with Gasteiger partial charge in [-0.2, -0.15) is 0 Å². The minimum atomic E-state index is 0.114. The van der Waals surface area contributed by atoms with Gasteiger partial charge in [0.1, 0.15) is 5.75 Å². The Morgan fingerprint density at radius 1 is 0.952 bits per heavy atom. The van der Waals surface area contributed by atoms with Gasteiger partial charge in [0.15, 0.2) is 6.61 Å². The molecule has 1 heteroatoms. The summed E-state index contributed by atoms with van der Waals surface area (Å²) < 4.78 is 5.82. The van der Waals surface area contributed by atoms with Crippen molar-refractivity contribution < 1.29 is 4.74 Å². The molecule has 0 aliphatic heterocycles. The van der Waals surface area contributed by atoms with Crippen molar-refractivity contribution >= 4 is 0 Å². The van der Waals surface area contributed by atoms with Crippen molar-refractivity contribution in [1.82, 2.24) is 0 Å². The molecule has 0 aromatic heterocycles. The van der Waals surface area contributed by atoms with Crippen LogP contribution in [0.25, 0.3) is 0 Å². The van der Waals surface area contributed by atoms with Crippen molar-refractivity contribution in [1.29, 1.82) is 0 Å². The van der Waals surface area contributed by atoms with Gasteiger partial charge in [-0.05, 0) is 41.7 Å². The second-order valence-corrected chi connectivity index (χ2v) is 7.18. The van der Waals surface area contributed by atoms with E-state index < -0.39 is 0 Å². The van der Waals surface area contributed by atoms with Gasteiger partial charge in [-0.15, -0.1) is 0 Å². The van der Waals surface area contributed by atoms with Crippen LogP contribution in [0.2, 0.25) is 0 Å². The van der Waals surface area contributed by atoms with Crippen LogP contribution >= 0.6 is 0 Å². The molecule has 118 valence electrons. The number of unbranched alkanes of at least 4 members (excludes halogenated alkanes) is 1. The number of hydrogen-bond donors (Lipinski definition) is 0. The number of ether oxygens (including phenoxy) is 1. The highest BCUT2D eigenvalue weighted by molar-refractivity contribution is 5.44. The molecule has 0 unspecified atom stereocenters. The van der Waals surface area contributed by atoms with Crippen LogP contribution in [-0.4, -0.2) is 0 Å². The van der Waals surface area contributed by atoms with Crippen molar-refractivity contribution in [3.8, 4) is 5.75 Å². The molecule has 2 radical (unpaired) electrons. The van der Waals surface area contributed by atoms with E-state index in [2.05, 4.69) is 73.3 Å². The maximum absolute atomic E-state index is 5.82. The fourth-order valence-corrected chi connectivity index (χ4v) is 2.19. The van der Waals surface area contributed by atoms with Gasteiger partial charge < -0.3 is 4.74 Å². The Kier molecular flexibility index (Phi) is 6.31. The quantitative estimate of drug-likeness (QED) is 0.511. The molecular formula is C20H32O. The van der Waals surface area contributed by atoms with Crippen LogP contribution in [-0.2, 0) is 10.8 Å². The molecule has 1 nitrogen and oxygen atoms in total. The first kappa shape index (κ1) is 18.1. The standard InChI is InChI=1S/C20H32O/c1-8-11-14-21-18-13-12-16(19(4,5)9-2)15-17(18)20(6,7)10-3/h12-13,15H,8-11H2,1-7H3. The zero-order valence-electron chi connectivity index (χ0n) is 15.0. The second kappa shape index (κ2) is 7.33. The van der Waals surface area contributed by atoms with Gasteiger partial charge in [-0.1, -0.05) is 67.0 Å². The third-order valence-electron chi connectivity index (χ3n) is 4.79. The van der Waals surface area contributed by atoms with Crippen molar-refractivity contribution in [2.24, 2.45) is 0 Å². The third kappa shape index (κ3) is 4.49. The third-order valence-corrected chi connectivity index (χ3v) is 4.79. The van der Waals surface area contributed by atoms with Crippen LogP contribution < -0.4 is 4.74 Å². The average Bonchev–Trinajstić information content (AvgIpc) is 2.47. The molecule has 0 saturated heterocycles. The average molecular weight is 288 g/mol. The van der Waals surface area contributed by atoms with Gasteiger partial charge >= 0.3 is 0 Å². The minimum absolute atomic E-state index is 0.114. The lowest BCUT2D eigenvalue weighted by Crippen LogP contribution is -2.21. The summed E-state index contributed by atoms with van der Waals surface area (Å²) in [6, 6.07) is 6.68. The van der Waals surface area contributed by atoms with Crippen molar-refractivity contribution in [2.75, 3.05) is 0 Å². The molecule has 0 amide bonds. The first-order valence-electron chi connectivity index (χ1n) is 8.33. The lowest BCUT2D eigenvalue weighted by molar-refractivity contribution is 0.369. The molecule has 0 saturated carbocycles. The Labute approximate surface area is 132 Å². The zero-order valence-corrected chi connectivity index (χ0v) is 15.0. The summed E-state index contributed by atoms with van der Waals surface area (Å²) in [5, 5.41) is 0. The molecule has 0 heterocycles. The number of hydrogen-bond acceptors (Lipinski definition) is 1. The molecule has 21 heavy (non-hydrogen) atoms. The van der Waals surface area contributed by atoms with Crippen LogP contribution in [0.15, 0.2) is 18.2 Å². The van der Waals surface area contributed by atoms with E-state index in [9.17, 15) is 0 Å². The minimum Gasteiger partial charge on any atom is -0.478 e. The van der Waals surface area contributed by atoms with Gasteiger partial charge in [0, 0.05) is 5.56 Å². The Balaban J connectivity index is 3.20. The molecular weight excluding hydrogens is 256 g/mol. The summed E-state index contributed by atoms with van der Waals surface area (Å²) in [5.74, 6) is 0.964. The molecule has 0 aliphatic carbocycles. The van der Waals surface area contributed by atoms with Crippen LogP contribution in [0, 0.1) is 6.61 Å². The molecule has 0 atom stereocenters. The number of benzene rings is 1. The summed E-state index contributed by atoms with van der Waals surface area (Å²) in [6.45, 7) is 18.9. The number of rotatable bonds is 8. The molecule has 0 aliphatic rings. The lowest BCUT2D eigenvalue weighted by atomic mass is 9.76. The topological polar surface area (TPSA) is 9.23 Å². The van der Waals surface area contributed by atoms with E-state index in [0.29, 0.717) is 0 Å².